The lowest BCUT2D eigenvalue weighted by atomic mass is 9.73. The molecule has 0 radical (unpaired) electrons. The number of carbonyl (C=O) groups is 4. The van der Waals surface area contributed by atoms with Gasteiger partial charge in [-0.25, -0.2) is 4.79 Å². The Kier molecular flexibility index (Phi) is 10.1. The highest BCUT2D eigenvalue weighted by Crippen LogP contribution is 2.20. The first-order valence-corrected chi connectivity index (χ1v) is 12.1. The van der Waals surface area contributed by atoms with E-state index in [0.29, 0.717) is 12.0 Å². The Labute approximate surface area is 216 Å². The van der Waals surface area contributed by atoms with E-state index in [2.05, 4.69) is 10.6 Å². The fraction of sp³-hybridized carbons (Fsp3) is 0.385. The number of benzene rings is 2. The van der Waals surface area contributed by atoms with Crippen LogP contribution in [0, 0.1) is 5.92 Å². The molecule has 11 heteroatoms. The van der Waals surface area contributed by atoms with Gasteiger partial charge in [-0.05, 0) is 30.5 Å². The van der Waals surface area contributed by atoms with Gasteiger partial charge in [0, 0.05) is 0 Å². The first-order chi connectivity index (χ1) is 17.7. The Hall–Kier alpha value is -3.86. The van der Waals surface area contributed by atoms with Crippen LogP contribution in [0.2, 0.25) is 0 Å². The molecule has 1 heterocycles. The Balaban J connectivity index is 1.76. The molecule has 2 aromatic rings. The Morgan fingerprint density at radius 1 is 0.946 bits per heavy atom. The van der Waals surface area contributed by atoms with Crippen molar-refractivity contribution in [1.82, 2.24) is 15.5 Å². The summed E-state index contributed by atoms with van der Waals surface area (Å²) < 4.78 is 16.1. The maximum Gasteiger partial charge on any atom is 0.627 e. The summed E-state index contributed by atoms with van der Waals surface area (Å²) in [4.78, 5) is 52.1. The van der Waals surface area contributed by atoms with Gasteiger partial charge in [-0.3, -0.25) is 19.3 Å². The van der Waals surface area contributed by atoms with Crippen LogP contribution in [0.15, 0.2) is 60.7 Å². The average Bonchev–Trinajstić information content (AvgIpc) is 2.85. The summed E-state index contributed by atoms with van der Waals surface area (Å²) in [6.45, 7) is 3.68. The second-order valence-electron chi connectivity index (χ2n) is 9.31. The molecule has 1 fully saturated rings. The lowest BCUT2D eigenvalue weighted by Crippen LogP contribution is -2.53. The van der Waals surface area contributed by atoms with Gasteiger partial charge in [0.15, 0.2) is 0 Å². The molecule has 196 valence electrons. The Bertz CT molecular complexity index is 1050. The summed E-state index contributed by atoms with van der Waals surface area (Å²) >= 11 is 0. The number of rotatable bonds is 9. The zero-order chi connectivity index (χ0) is 26.8. The molecule has 0 spiro atoms. The number of alkyl carbamates (subject to hydrolysis) is 1. The van der Waals surface area contributed by atoms with E-state index in [1.165, 1.54) is 4.90 Å². The van der Waals surface area contributed by atoms with E-state index in [-0.39, 0.29) is 25.6 Å². The molecule has 2 N–H and O–H groups in total. The molecular weight excluding hydrogens is 477 g/mol. The van der Waals surface area contributed by atoms with Crippen molar-refractivity contribution in [2.45, 2.75) is 38.9 Å². The fourth-order valence-corrected chi connectivity index (χ4v) is 3.82. The number of ether oxygens (including phenoxy) is 1. The van der Waals surface area contributed by atoms with Crippen LogP contribution >= 0.6 is 0 Å². The van der Waals surface area contributed by atoms with Gasteiger partial charge in [0.05, 0.1) is 13.1 Å². The van der Waals surface area contributed by atoms with Gasteiger partial charge in [-0.2, -0.15) is 0 Å². The minimum Gasteiger partial charge on any atom is -0.497 e. The van der Waals surface area contributed by atoms with Crippen molar-refractivity contribution in [2.75, 3.05) is 20.1 Å². The number of nitrogens with zero attached hydrogens (tertiary/aromatic N) is 1. The lowest BCUT2D eigenvalue weighted by molar-refractivity contribution is -0.146. The molecule has 2 aromatic carbocycles. The lowest BCUT2D eigenvalue weighted by Gasteiger charge is -2.29. The highest BCUT2D eigenvalue weighted by Gasteiger charge is 2.42. The number of likely N-dealkylation sites (N-methyl/N-ethyl adjacent to an activating group) is 1. The maximum atomic E-state index is 13.4. The monoisotopic (exact) mass is 509 g/mol. The minimum absolute atomic E-state index is 0.0533. The molecule has 2 atom stereocenters. The summed E-state index contributed by atoms with van der Waals surface area (Å²) in [5.74, 6) is -2.67. The predicted octanol–water partition coefficient (Wildman–Crippen LogP) is 2.24. The van der Waals surface area contributed by atoms with Crippen LogP contribution in [0.5, 0.6) is 0 Å². The number of amides is 2. The van der Waals surface area contributed by atoms with Crippen LogP contribution in [0.4, 0.5) is 4.79 Å². The van der Waals surface area contributed by atoms with Gasteiger partial charge < -0.3 is 24.7 Å². The average molecular weight is 509 g/mol. The maximum absolute atomic E-state index is 13.4. The standard InChI is InChI=1S/C26H32BN3O7/c1-18(2)14-21(28-26(34)35-17-19-10-6-4-7-11-19)25(33)29-24(20-12-8-5-9-13-20)27-36-22(31)15-30(3)16-23(32)37-27/h4-13,18,21,24H,14-17H2,1-3H3,(H,28,34)(H,29,33)/t21-,24?/m0/s1. The zero-order valence-electron chi connectivity index (χ0n) is 21.2. The molecule has 1 saturated heterocycles. The van der Waals surface area contributed by atoms with E-state index >= 15 is 0 Å². The number of nitrogens with one attached hydrogen (secondary N) is 2. The summed E-state index contributed by atoms with van der Waals surface area (Å²) in [6.07, 6.45) is -0.421. The minimum atomic E-state index is -1.38. The van der Waals surface area contributed by atoms with Crippen molar-refractivity contribution in [3.8, 4) is 0 Å². The first kappa shape index (κ1) is 27.7. The van der Waals surface area contributed by atoms with Gasteiger partial charge in [-0.15, -0.1) is 0 Å². The molecule has 1 unspecified atom stereocenters. The van der Waals surface area contributed by atoms with Crippen molar-refractivity contribution < 1.29 is 33.2 Å². The fourth-order valence-electron chi connectivity index (χ4n) is 3.82. The molecule has 37 heavy (non-hydrogen) atoms. The molecule has 0 aromatic heterocycles. The first-order valence-electron chi connectivity index (χ1n) is 12.1. The smallest absolute Gasteiger partial charge is 0.497 e. The van der Waals surface area contributed by atoms with E-state index in [1.807, 2.05) is 44.2 Å². The highest BCUT2D eigenvalue weighted by molar-refractivity contribution is 6.51. The van der Waals surface area contributed by atoms with Gasteiger partial charge >= 0.3 is 25.2 Å². The van der Waals surface area contributed by atoms with Gasteiger partial charge in [0.2, 0.25) is 5.91 Å². The van der Waals surface area contributed by atoms with Crippen molar-refractivity contribution >= 4 is 31.1 Å². The van der Waals surface area contributed by atoms with Crippen LogP contribution in [0.1, 0.15) is 37.3 Å². The van der Waals surface area contributed by atoms with E-state index in [1.54, 1.807) is 37.4 Å². The molecule has 0 aliphatic carbocycles. The van der Waals surface area contributed by atoms with Gasteiger partial charge in [0.25, 0.3) is 0 Å². The Morgan fingerprint density at radius 2 is 1.51 bits per heavy atom. The van der Waals surface area contributed by atoms with Crippen molar-refractivity contribution in [2.24, 2.45) is 5.92 Å². The topological polar surface area (TPSA) is 123 Å². The second kappa shape index (κ2) is 13.5. The molecule has 10 nitrogen and oxygen atoms in total. The van der Waals surface area contributed by atoms with Crippen LogP contribution in [-0.2, 0) is 35.0 Å². The summed E-state index contributed by atoms with van der Waals surface area (Å²) in [6, 6.07) is 17.0. The van der Waals surface area contributed by atoms with E-state index < -0.39 is 43.0 Å². The molecule has 2 amide bonds. The van der Waals surface area contributed by atoms with E-state index in [4.69, 9.17) is 14.0 Å². The molecule has 0 bridgehead atoms. The number of hydrogen-bond acceptors (Lipinski definition) is 8. The summed E-state index contributed by atoms with van der Waals surface area (Å²) in [5, 5.41) is 5.44. The van der Waals surface area contributed by atoms with Crippen LogP contribution in [0.3, 0.4) is 0 Å². The molecule has 1 aliphatic heterocycles. The largest absolute Gasteiger partial charge is 0.627 e. The number of carbonyl (C=O) groups excluding carboxylic acids is 4. The van der Waals surface area contributed by atoms with E-state index in [9.17, 15) is 19.2 Å². The SMILES string of the molecule is CC(C)C[C@H](NC(=O)OCc1ccccc1)C(=O)NC(B1OC(=O)CN(C)CC(=O)O1)c1ccccc1. The highest BCUT2D eigenvalue weighted by atomic mass is 16.6. The van der Waals surface area contributed by atoms with Crippen molar-refractivity contribution in [3.63, 3.8) is 0 Å². The molecular formula is C26H32BN3O7. The normalized spacial score (nSPS) is 16.1. The third-order valence-corrected chi connectivity index (χ3v) is 5.55. The zero-order valence-corrected chi connectivity index (χ0v) is 21.2. The van der Waals surface area contributed by atoms with Crippen LogP contribution in [-0.4, -0.2) is 62.1 Å². The summed E-state index contributed by atoms with van der Waals surface area (Å²) in [7, 11) is 0.211. The number of hydrogen-bond donors (Lipinski definition) is 2. The quantitative estimate of drug-likeness (QED) is 0.494. The van der Waals surface area contributed by atoms with Crippen molar-refractivity contribution in [1.29, 1.82) is 0 Å². The molecule has 3 rings (SSSR count). The van der Waals surface area contributed by atoms with Crippen LogP contribution < -0.4 is 10.6 Å². The predicted molar refractivity (Wildman–Crippen MR) is 136 cm³/mol. The van der Waals surface area contributed by atoms with Gasteiger partial charge in [-0.1, -0.05) is 74.5 Å². The molecule has 0 saturated carbocycles. The third-order valence-electron chi connectivity index (χ3n) is 5.55. The van der Waals surface area contributed by atoms with E-state index in [0.717, 1.165) is 5.56 Å². The van der Waals surface area contributed by atoms with Crippen molar-refractivity contribution in [3.05, 3.63) is 71.8 Å². The summed E-state index contributed by atoms with van der Waals surface area (Å²) in [5.41, 5.74) is 1.37. The third kappa shape index (κ3) is 8.95. The second-order valence-corrected chi connectivity index (χ2v) is 9.31. The molecule has 1 aliphatic rings. The Morgan fingerprint density at radius 3 is 2.08 bits per heavy atom. The van der Waals surface area contributed by atoms with Crippen LogP contribution in [0.25, 0.3) is 0 Å². The van der Waals surface area contributed by atoms with Gasteiger partial charge in [0.1, 0.15) is 18.6 Å².